The van der Waals surface area contributed by atoms with Gasteiger partial charge in [-0.15, -0.1) is 0 Å². The average molecular weight is 555 g/mol. The Morgan fingerprint density at radius 3 is 2.76 bits per heavy atom. The van der Waals surface area contributed by atoms with Crippen molar-refractivity contribution in [1.29, 1.82) is 0 Å². The Kier molecular flexibility index (Phi) is 6.01. The van der Waals surface area contributed by atoms with E-state index in [0.717, 1.165) is 44.0 Å². The number of hydrogen-bond acceptors (Lipinski definition) is 10. The number of hydrogen-bond donors (Lipinski definition) is 2. The van der Waals surface area contributed by atoms with Crippen molar-refractivity contribution in [3.63, 3.8) is 0 Å². The summed E-state index contributed by atoms with van der Waals surface area (Å²) >= 11 is 8.18. The summed E-state index contributed by atoms with van der Waals surface area (Å²) in [5.74, 6) is 0.747. The summed E-state index contributed by atoms with van der Waals surface area (Å²) in [7, 11) is 2.12. The summed E-state index contributed by atoms with van der Waals surface area (Å²) in [4.78, 5) is 20.9. The van der Waals surface area contributed by atoms with Gasteiger partial charge < -0.3 is 25.6 Å². The zero-order valence-corrected chi connectivity index (χ0v) is 22.5. The van der Waals surface area contributed by atoms with Crippen LogP contribution in [0.1, 0.15) is 0 Å². The van der Waals surface area contributed by atoms with Crippen molar-refractivity contribution in [2.45, 2.75) is 12.1 Å². The van der Waals surface area contributed by atoms with Crippen LogP contribution < -0.4 is 20.9 Å². The molecule has 0 saturated carbocycles. The number of piperazine rings is 1. The van der Waals surface area contributed by atoms with Gasteiger partial charge in [0.25, 0.3) is 0 Å². The summed E-state index contributed by atoms with van der Waals surface area (Å²) in [6.07, 6.45) is 0.0778. The predicted octanol–water partition coefficient (Wildman–Crippen LogP) is 3.21. The number of para-hydroxylation sites is 1. The number of nitrogens with two attached hydrogens (primary N) is 1. The summed E-state index contributed by atoms with van der Waals surface area (Å²) in [5, 5.41) is 4.71. The lowest BCUT2D eigenvalue weighted by atomic mass is 10.0. The van der Waals surface area contributed by atoms with Gasteiger partial charge >= 0.3 is 0 Å². The molecule has 3 fully saturated rings. The van der Waals surface area contributed by atoms with Crippen LogP contribution in [0, 0.1) is 5.82 Å². The van der Waals surface area contributed by atoms with Gasteiger partial charge in [-0.1, -0.05) is 35.1 Å². The van der Waals surface area contributed by atoms with Crippen LogP contribution in [0.2, 0.25) is 5.02 Å². The second kappa shape index (κ2) is 9.42. The highest BCUT2D eigenvalue weighted by Gasteiger charge is 2.40. The monoisotopic (exact) mass is 554 g/mol. The Morgan fingerprint density at radius 1 is 1.11 bits per heavy atom. The number of nitrogens with zero attached hydrogens (tertiary/aromatic N) is 6. The number of anilines is 3. The number of morpholine rings is 1. The van der Waals surface area contributed by atoms with E-state index in [9.17, 15) is 0 Å². The topological polar surface area (TPSA) is 95.7 Å². The molecule has 198 valence electrons. The third-order valence-corrected chi connectivity index (χ3v) is 8.98. The molecular weight excluding hydrogens is 527 g/mol. The van der Waals surface area contributed by atoms with Crippen molar-refractivity contribution in [1.82, 2.24) is 25.2 Å². The van der Waals surface area contributed by atoms with E-state index in [0.29, 0.717) is 51.5 Å². The maximum atomic E-state index is 16.6. The van der Waals surface area contributed by atoms with Crippen LogP contribution in [0.25, 0.3) is 32.2 Å². The van der Waals surface area contributed by atoms with Gasteiger partial charge in [0.05, 0.1) is 34.0 Å². The molecule has 2 atom stereocenters. The number of rotatable bonds is 3. The van der Waals surface area contributed by atoms with E-state index in [1.54, 1.807) is 6.07 Å². The molecule has 2 aromatic heterocycles. The molecule has 38 heavy (non-hydrogen) atoms. The molecule has 0 bridgehead atoms. The summed E-state index contributed by atoms with van der Waals surface area (Å²) < 4.78 is 23.5. The van der Waals surface area contributed by atoms with Crippen molar-refractivity contribution in [3.8, 4) is 11.1 Å². The van der Waals surface area contributed by atoms with Crippen LogP contribution in [0.15, 0.2) is 24.3 Å². The Balaban J connectivity index is 1.41. The van der Waals surface area contributed by atoms with Crippen molar-refractivity contribution >= 4 is 61.0 Å². The van der Waals surface area contributed by atoms with Crippen LogP contribution >= 0.6 is 22.9 Å². The first-order valence-corrected chi connectivity index (χ1v) is 14.0. The molecule has 2 unspecified atom stereocenters. The quantitative estimate of drug-likeness (QED) is 0.396. The molecule has 3 aliphatic rings. The molecular formula is C26H28ClFN8OS. The minimum absolute atomic E-state index is 0.0778. The summed E-state index contributed by atoms with van der Waals surface area (Å²) in [6.45, 7) is 6.18. The predicted molar refractivity (Wildman–Crippen MR) is 151 cm³/mol. The zero-order chi connectivity index (χ0) is 26.0. The molecule has 0 amide bonds. The molecule has 0 aliphatic carbocycles. The number of fused-ring (bicyclic) bond motifs is 3. The fraction of sp³-hybridized carbons (Fsp3) is 0.423. The van der Waals surface area contributed by atoms with Crippen LogP contribution in [-0.2, 0) is 4.74 Å². The second-order valence-corrected chi connectivity index (χ2v) is 11.6. The average Bonchev–Trinajstić information content (AvgIpc) is 3.53. The molecule has 7 rings (SSSR count). The third-order valence-electron chi connectivity index (χ3n) is 7.83. The molecule has 3 aliphatic heterocycles. The molecule has 12 heteroatoms. The van der Waals surface area contributed by atoms with Crippen LogP contribution in [-0.4, -0.2) is 91.5 Å². The lowest BCUT2D eigenvalue weighted by Gasteiger charge is -2.33. The van der Waals surface area contributed by atoms with Gasteiger partial charge in [0.15, 0.2) is 10.9 Å². The number of aromatic nitrogens is 3. The first kappa shape index (κ1) is 24.2. The largest absolute Gasteiger partial charge is 0.375 e. The minimum Gasteiger partial charge on any atom is -0.375 e. The minimum atomic E-state index is -0.475. The Bertz CT molecular complexity index is 1540. The molecule has 0 spiro atoms. The lowest BCUT2D eigenvalue weighted by molar-refractivity contribution is -0.0362. The van der Waals surface area contributed by atoms with E-state index in [-0.39, 0.29) is 23.2 Å². The van der Waals surface area contributed by atoms with Crippen molar-refractivity contribution in [2.24, 2.45) is 0 Å². The highest BCUT2D eigenvalue weighted by molar-refractivity contribution is 7.22. The fourth-order valence-electron chi connectivity index (χ4n) is 5.86. The maximum Gasteiger partial charge on any atom is 0.228 e. The molecule has 5 heterocycles. The van der Waals surface area contributed by atoms with Gasteiger partial charge in [-0.05, 0) is 19.2 Å². The van der Waals surface area contributed by atoms with E-state index in [1.165, 1.54) is 11.3 Å². The van der Waals surface area contributed by atoms with E-state index < -0.39 is 5.82 Å². The molecule has 3 saturated heterocycles. The Hall–Kier alpha value is -2.83. The molecule has 4 aromatic rings. The zero-order valence-electron chi connectivity index (χ0n) is 21.0. The van der Waals surface area contributed by atoms with Crippen molar-refractivity contribution in [3.05, 3.63) is 35.1 Å². The number of halogens is 2. The van der Waals surface area contributed by atoms with Crippen molar-refractivity contribution in [2.75, 3.05) is 75.0 Å². The van der Waals surface area contributed by atoms with E-state index in [2.05, 4.69) is 32.0 Å². The Morgan fingerprint density at radius 2 is 1.95 bits per heavy atom. The molecule has 0 radical (unpaired) electrons. The van der Waals surface area contributed by atoms with E-state index in [1.807, 2.05) is 18.2 Å². The van der Waals surface area contributed by atoms with Gasteiger partial charge in [-0.3, -0.25) is 4.90 Å². The van der Waals surface area contributed by atoms with Crippen molar-refractivity contribution < 1.29 is 9.13 Å². The van der Waals surface area contributed by atoms with Gasteiger partial charge in [-0.2, -0.15) is 4.98 Å². The summed E-state index contributed by atoms with van der Waals surface area (Å²) in [5.41, 5.74) is 7.76. The lowest BCUT2D eigenvalue weighted by Crippen LogP contribution is -2.48. The Labute approximate surface area is 228 Å². The number of likely N-dealkylation sites (N-methyl/N-ethyl adjacent to an activating group) is 1. The van der Waals surface area contributed by atoms with Gasteiger partial charge in [-0.25, -0.2) is 14.4 Å². The summed E-state index contributed by atoms with van der Waals surface area (Å²) in [6, 6.07) is 7.67. The number of nitrogens with one attached hydrogen (secondary N) is 1. The first-order chi connectivity index (χ1) is 18.5. The highest BCUT2D eigenvalue weighted by atomic mass is 35.5. The SMILES string of the molecule is CN1CCOC2CN(c3nc(N4CCNCC4)c4cc(Cl)c(-c5cccc6sc(N)nc56)c(F)c4n3)CC21. The highest BCUT2D eigenvalue weighted by Crippen LogP contribution is 2.42. The van der Waals surface area contributed by atoms with Crippen LogP contribution in [0.4, 0.5) is 21.3 Å². The number of nitrogen functional groups attached to an aromatic ring is 1. The third kappa shape index (κ3) is 3.95. The van der Waals surface area contributed by atoms with Crippen LogP contribution in [0.5, 0.6) is 0 Å². The second-order valence-electron chi connectivity index (χ2n) is 10.1. The van der Waals surface area contributed by atoms with Gasteiger partial charge in [0, 0.05) is 62.3 Å². The number of thiazole rings is 1. The standard InChI is InChI=1S/C26H28ClFN8OS/c1-34-9-10-37-18-13-36(12-17(18)34)26-32-23-15(24(33-26)35-7-5-30-6-8-35)11-16(27)20(21(23)28)14-3-2-4-19-22(14)31-25(29)38-19/h2-4,11,17-18,30H,5-10,12-13H2,1H3,(H2,29,31). The van der Waals surface area contributed by atoms with Gasteiger partial charge in [0.2, 0.25) is 5.95 Å². The number of benzene rings is 2. The van der Waals surface area contributed by atoms with Crippen LogP contribution in [0.3, 0.4) is 0 Å². The number of ether oxygens (including phenoxy) is 1. The maximum absolute atomic E-state index is 16.6. The smallest absolute Gasteiger partial charge is 0.228 e. The fourth-order valence-corrected chi connectivity index (χ4v) is 6.92. The molecule has 9 nitrogen and oxygen atoms in total. The van der Waals surface area contributed by atoms with E-state index >= 15 is 4.39 Å². The normalized spacial score (nSPS) is 22.5. The van der Waals surface area contributed by atoms with E-state index in [4.69, 9.17) is 32.0 Å². The molecule has 2 aromatic carbocycles. The molecule has 3 N–H and O–H groups in total. The van der Waals surface area contributed by atoms with Gasteiger partial charge in [0.1, 0.15) is 11.3 Å². The first-order valence-electron chi connectivity index (χ1n) is 12.9.